The quantitative estimate of drug-likeness (QED) is 0.765. The van der Waals surface area contributed by atoms with Crippen LogP contribution >= 0.6 is 0 Å². The molecule has 0 aromatic heterocycles. The number of methoxy groups -OCH3 is 2. The van der Waals surface area contributed by atoms with Crippen molar-refractivity contribution in [3.63, 3.8) is 0 Å². The molecule has 96 valence electrons. The maximum absolute atomic E-state index is 11.9. The zero-order chi connectivity index (χ0) is 13.1. The fraction of sp³-hybridized carbons (Fsp3) is 0.417. The van der Waals surface area contributed by atoms with Crippen LogP contribution in [0.5, 0.6) is 0 Å². The van der Waals surface area contributed by atoms with Gasteiger partial charge in [-0.15, -0.1) is 0 Å². The number of likely N-dealkylation sites (N-methyl/N-ethyl adjacent to an activating group) is 1. The minimum absolute atomic E-state index is 0.293. The van der Waals surface area contributed by atoms with E-state index in [2.05, 4.69) is 15.3 Å². The second-order valence-electron chi connectivity index (χ2n) is 3.85. The van der Waals surface area contributed by atoms with Gasteiger partial charge in [0.15, 0.2) is 0 Å². The van der Waals surface area contributed by atoms with Crippen LogP contribution in [-0.2, 0) is 14.3 Å². The van der Waals surface area contributed by atoms with Gasteiger partial charge >= 0.3 is 0 Å². The van der Waals surface area contributed by atoms with E-state index in [1.165, 1.54) is 0 Å². The van der Waals surface area contributed by atoms with E-state index in [4.69, 9.17) is 9.47 Å². The highest BCUT2D eigenvalue weighted by atomic mass is 16.5. The molecule has 1 unspecified atom stereocenters. The van der Waals surface area contributed by atoms with Crippen molar-refractivity contribution in [2.45, 2.75) is 6.10 Å². The van der Waals surface area contributed by atoms with Gasteiger partial charge in [-0.25, -0.2) is 4.99 Å². The first-order valence-electron chi connectivity index (χ1n) is 5.55. The molecule has 0 aromatic carbocycles. The first-order valence-corrected chi connectivity index (χ1v) is 5.55. The molecule has 0 saturated carbocycles. The molecule has 0 bridgehead atoms. The Morgan fingerprint density at radius 2 is 2.17 bits per heavy atom. The lowest BCUT2D eigenvalue weighted by Gasteiger charge is -2.22. The summed E-state index contributed by atoms with van der Waals surface area (Å²) in [6.07, 6.45) is 3.03. The summed E-state index contributed by atoms with van der Waals surface area (Å²) in [5.41, 5.74) is 1.04. The Kier molecular flexibility index (Phi) is 3.69. The summed E-state index contributed by atoms with van der Waals surface area (Å²) < 4.78 is 10.4. The Morgan fingerprint density at radius 1 is 1.39 bits per heavy atom. The molecule has 1 aliphatic carbocycles. The van der Waals surface area contributed by atoms with Crippen molar-refractivity contribution >= 4 is 17.5 Å². The number of amidine groups is 1. The molecule has 1 amide bonds. The van der Waals surface area contributed by atoms with Gasteiger partial charge in [-0.2, -0.15) is 4.99 Å². The molecule has 6 heteroatoms. The van der Waals surface area contributed by atoms with E-state index in [0.717, 1.165) is 0 Å². The number of fused-ring (bicyclic) bond motifs is 1. The van der Waals surface area contributed by atoms with Crippen molar-refractivity contribution in [1.29, 1.82) is 0 Å². The van der Waals surface area contributed by atoms with Gasteiger partial charge < -0.3 is 14.8 Å². The van der Waals surface area contributed by atoms with Crippen molar-refractivity contribution in [3.05, 3.63) is 23.5 Å². The van der Waals surface area contributed by atoms with Crippen LogP contribution < -0.4 is 5.32 Å². The van der Waals surface area contributed by atoms with Crippen LogP contribution in [0.2, 0.25) is 0 Å². The predicted octanol–water partition coefficient (Wildman–Crippen LogP) is 0.0708. The molecule has 6 nitrogen and oxygen atoms in total. The van der Waals surface area contributed by atoms with Gasteiger partial charge in [0.2, 0.25) is 0 Å². The van der Waals surface area contributed by atoms with E-state index in [1.807, 2.05) is 0 Å². The number of carbonyl (C=O) groups excluding carboxylic acids is 1. The molecule has 1 aliphatic heterocycles. The third kappa shape index (κ3) is 2.25. The summed E-state index contributed by atoms with van der Waals surface area (Å²) in [7, 11) is 4.89. The van der Waals surface area contributed by atoms with Crippen LogP contribution in [0.4, 0.5) is 0 Å². The first kappa shape index (κ1) is 12.7. The number of aliphatic imine (C=N–C) groups is 2. The number of carbonyl (C=O) groups is 1. The van der Waals surface area contributed by atoms with Crippen molar-refractivity contribution in [3.8, 4) is 0 Å². The Balaban J connectivity index is 2.37. The average molecular weight is 249 g/mol. The smallest absolute Gasteiger partial charge is 0.280 e. The molecule has 2 rings (SSSR count). The van der Waals surface area contributed by atoms with Crippen LogP contribution in [0.1, 0.15) is 0 Å². The minimum Gasteiger partial charge on any atom is -0.498 e. The molecular formula is C12H15N3O3. The van der Waals surface area contributed by atoms with E-state index in [9.17, 15) is 4.79 Å². The summed E-state index contributed by atoms with van der Waals surface area (Å²) >= 11 is 0. The molecule has 1 heterocycles. The van der Waals surface area contributed by atoms with E-state index in [0.29, 0.717) is 29.4 Å². The van der Waals surface area contributed by atoms with E-state index in [1.54, 1.807) is 33.4 Å². The number of ether oxygens (including phenoxy) is 2. The van der Waals surface area contributed by atoms with Crippen LogP contribution in [0.15, 0.2) is 33.5 Å². The third-order valence-corrected chi connectivity index (χ3v) is 2.69. The largest absolute Gasteiger partial charge is 0.498 e. The predicted molar refractivity (Wildman–Crippen MR) is 67.8 cm³/mol. The fourth-order valence-corrected chi connectivity index (χ4v) is 1.82. The Bertz CT molecular complexity index is 489. The number of hydrogen-bond acceptors (Lipinski definition) is 5. The number of hydrogen-bond donors (Lipinski definition) is 1. The van der Waals surface area contributed by atoms with Gasteiger partial charge in [-0.05, 0) is 13.1 Å². The molecule has 2 aliphatic rings. The van der Waals surface area contributed by atoms with Crippen LogP contribution in [0.3, 0.4) is 0 Å². The average Bonchev–Trinajstić information content (AvgIpc) is 2.37. The highest BCUT2D eigenvalue weighted by Gasteiger charge is 2.28. The lowest BCUT2D eigenvalue weighted by atomic mass is 9.98. The summed E-state index contributed by atoms with van der Waals surface area (Å²) in [6, 6.07) is 0. The minimum atomic E-state index is -0.367. The summed E-state index contributed by atoms with van der Waals surface area (Å²) in [5.74, 6) is 0.800. The van der Waals surface area contributed by atoms with Gasteiger partial charge in [0.1, 0.15) is 17.7 Å². The molecule has 0 spiro atoms. The van der Waals surface area contributed by atoms with Crippen molar-refractivity contribution < 1.29 is 14.3 Å². The van der Waals surface area contributed by atoms with E-state index in [-0.39, 0.29) is 12.0 Å². The molecule has 0 fully saturated rings. The summed E-state index contributed by atoms with van der Waals surface area (Å²) in [5, 5.41) is 2.91. The molecule has 0 radical (unpaired) electrons. The molecule has 0 aromatic rings. The second kappa shape index (κ2) is 5.24. The molecular weight excluding hydrogens is 234 g/mol. The van der Waals surface area contributed by atoms with Gasteiger partial charge in [0.05, 0.1) is 24.9 Å². The maximum Gasteiger partial charge on any atom is 0.280 e. The maximum atomic E-state index is 11.9. The fourth-order valence-electron chi connectivity index (χ4n) is 1.82. The molecule has 0 saturated heterocycles. The Labute approximate surface area is 105 Å². The number of nitrogens with one attached hydrogen (secondary N) is 1. The zero-order valence-electron chi connectivity index (χ0n) is 10.6. The van der Waals surface area contributed by atoms with Crippen LogP contribution in [0, 0.1) is 0 Å². The van der Waals surface area contributed by atoms with Gasteiger partial charge in [-0.3, -0.25) is 4.79 Å². The van der Waals surface area contributed by atoms with Gasteiger partial charge in [0, 0.05) is 13.2 Å². The van der Waals surface area contributed by atoms with Crippen LogP contribution in [-0.4, -0.2) is 51.4 Å². The molecule has 1 atom stereocenters. The Morgan fingerprint density at radius 3 is 2.78 bits per heavy atom. The van der Waals surface area contributed by atoms with Crippen molar-refractivity contribution in [2.75, 3.05) is 27.8 Å². The van der Waals surface area contributed by atoms with Gasteiger partial charge in [0.25, 0.3) is 5.91 Å². The number of allylic oxidation sites excluding steroid dienone is 1. The summed E-state index contributed by atoms with van der Waals surface area (Å²) in [4.78, 5) is 20.1. The number of nitrogens with zero attached hydrogens (tertiary/aromatic N) is 2. The lowest BCUT2D eigenvalue weighted by Crippen LogP contribution is -2.30. The lowest BCUT2D eigenvalue weighted by molar-refractivity contribution is -0.114. The van der Waals surface area contributed by atoms with Crippen molar-refractivity contribution in [1.82, 2.24) is 5.32 Å². The summed E-state index contributed by atoms with van der Waals surface area (Å²) in [6.45, 7) is 0.451. The second-order valence-corrected chi connectivity index (χ2v) is 3.85. The third-order valence-electron chi connectivity index (χ3n) is 2.69. The first-order chi connectivity index (χ1) is 8.69. The molecule has 18 heavy (non-hydrogen) atoms. The Hall–Kier alpha value is -1.79. The van der Waals surface area contributed by atoms with E-state index >= 15 is 0 Å². The van der Waals surface area contributed by atoms with Crippen molar-refractivity contribution in [2.24, 2.45) is 9.98 Å². The van der Waals surface area contributed by atoms with Crippen LogP contribution in [0.25, 0.3) is 0 Å². The SMILES string of the molecule is CNCC1=NC(=O)C2=CC(OC)C(OC)=CC2=N1. The van der Waals surface area contributed by atoms with E-state index < -0.39 is 0 Å². The topological polar surface area (TPSA) is 72.3 Å². The molecule has 1 N–H and O–H groups in total. The number of rotatable bonds is 4. The van der Waals surface area contributed by atoms with Gasteiger partial charge in [-0.1, -0.05) is 0 Å². The highest BCUT2D eigenvalue weighted by molar-refractivity contribution is 6.33. The normalized spacial score (nSPS) is 22.6. The highest BCUT2D eigenvalue weighted by Crippen LogP contribution is 2.22. The number of amides is 1. The monoisotopic (exact) mass is 249 g/mol. The zero-order valence-corrected chi connectivity index (χ0v) is 10.6. The standard InChI is InChI=1S/C12H15N3O3/c1-13-6-11-14-8-5-10(18-3)9(17-2)4-7(8)12(16)15-11/h4-5,9,13H,6H2,1-3H3.